The van der Waals surface area contributed by atoms with Crippen LogP contribution in [0.25, 0.3) is 10.9 Å². The number of nitrogens with one attached hydrogen (secondary N) is 1. The Morgan fingerprint density at radius 3 is 2.69 bits per heavy atom. The minimum Gasteiger partial charge on any atom is -0.456 e. The Kier molecular flexibility index (Phi) is 7.19. The summed E-state index contributed by atoms with van der Waals surface area (Å²) in [6.45, 7) is 4.58. The highest BCUT2D eigenvalue weighted by Gasteiger charge is 2.18. The van der Waals surface area contributed by atoms with Gasteiger partial charge in [0.25, 0.3) is 0 Å². The van der Waals surface area contributed by atoms with Crippen LogP contribution in [0.1, 0.15) is 30.9 Å². The third-order valence-corrected chi connectivity index (χ3v) is 5.52. The highest BCUT2D eigenvalue weighted by atomic mass is 35.5. The molecule has 0 fully saturated rings. The Morgan fingerprint density at radius 2 is 2.00 bits per heavy atom. The summed E-state index contributed by atoms with van der Waals surface area (Å²) < 4.78 is 6.17. The average molecular weight is 434 g/mol. The molecule has 0 spiro atoms. The van der Waals surface area contributed by atoms with E-state index < -0.39 is 0 Å². The van der Waals surface area contributed by atoms with E-state index in [1.807, 2.05) is 19.1 Å². The standard InChI is InChI=1S/C22H25Cl2N3O2/c1-13-7-9-26-21-19(27-14(2)4-3-8-25)10-15(12-28)22(20(13)21)29-16-5-6-17(23)18(24)11-16/h5-7,9-11,14,27-28H,3-4,8,12,25H2,1-2H3/t14-/m0/s1. The van der Waals surface area contributed by atoms with Crippen LogP contribution in [0.3, 0.4) is 0 Å². The Hall–Kier alpha value is -2.05. The molecule has 1 heterocycles. The van der Waals surface area contributed by atoms with Crippen molar-refractivity contribution in [1.82, 2.24) is 4.98 Å². The Bertz CT molecular complexity index is 1010. The SMILES string of the molecule is Cc1ccnc2c(N[C@@H](C)CCCN)cc(CO)c(Oc3ccc(Cl)c(Cl)c3)c12. The van der Waals surface area contributed by atoms with Crippen molar-refractivity contribution in [3.8, 4) is 11.5 Å². The summed E-state index contributed by atoms with van der Waals surface area (Å²) in [5.41, 5.74) is 8.94. The van der Waals surface area contributed by atoms with Gasteiger partial charge in [-0.25, -0.2) is 0 Å². The number of anilines is 1. The summed E-state index contributed by atoms with van der Waals surface area (Å²) in [5.74, 6) is 1.10. The molecular weight excluding hydrogens is 409 g/mol. The van der Waals surface area contributed by atoms with Gasteiger partial charge in [0, 0.05) is 29.3 Å². The zero-order chi connectivity index (χ0) is 21.0. The first kappa shape index (κ1) is 21.7. The number of pyridine rings is 1. The number of benzene rings is 2. The third kappa shape index (κ3) is 4.93. The van der Waals surface area contributed by atoms with Crippen molar-refractivity contribution in [1.29, 1.82) is 0 Å². The third-order valence-electron chi connectivity index (χ3n) is 4.78. The Balaban J connectivity index is 2.10. The molecule has 5 nitrogen and oxygen atoms in total. The normalized spacial score (nSPS) is 12.2. The maximum absolute atomic E-state index is 10.1. The van der Waals surface area contributed by atoms with Crippen LogP contribution >= 0.6 is 23.2 Å². The molecule has 7 heteroatoms. The maximum atomic E-state index is 10.1. The smallest absolute Gasteiger partial charge is 0.142 e. The predicted molar refractivity (Wildman–Crippen MR) is 120 cm³/mol. The molecule has 2 aromatic carbocycles. The summed E-state index contributed by atoms with van der Waals surface area (Å²) in [7, 11) is 0. The van der Waals surface area contributed by atoms with Crippen LogP contribution in [0.4, 0.5) is 5.69 Å². The molecule has 3 rings (SSSR count). The number of aliphatic hydroxyl groups excluding tert-OH is 1. The summed E-state index contributed by atoms with van der Waals surface area (Å²) in [4.78, 5) is 4.59. The Morgan fingerprint density at radius 1 is 1.21 bits per heavy atom. The second-order valence-corrected chi connectivity index (χ2v) is 7.89. The average Bonchev–Trinajstić information content (AvgIpc) is 2.70. The number of ether oxygens (including phenoxy) is 1. The lowest BCUT2D eigenvalue weighted by molar-refractivity contribution is 0.277. The largest absolute Gasteiger partial charge is 0.456 e. The van der Waals surface area contributed by atoms with E-state index in [4.69, 9.17) is 33.7 Å². The molecule has 154 valence electrons. The second-order valence-electron chi connectivity index (χ2n) is 7.08. The number of nitrogens with two attached hydrogens (primary N) is 1. The van der Waals surface area contributed by atoms with E-state index in [2.05, 4.69) is 17.2 Å². The lowest BCUT2D eigenvalue weighted by Gasteiger charge is -2.21. The molecule has 0 saturated carbocycles. The molecule has 0 bridgehead atoms. The molecular formula is C22H25Cl2N3O2. The number of rotatable bonds is 8. The molecule has 1 atom stereocenters. The van der Waals surface area contributed by atoms with Gasteiger partial charge in [-0.3, -0.25) is 4.98 Å². The Labute approximate surface area is 180 Å². The lowest BCUT2D eigenvalue weighted by atomic mass is 10.0. The van der Waals surface area contributed by atoms with Crippen molar-refractivity contribution in [2.24, 2.45) is 5.73 Å². The molecule has 0 amide bonds. The monoisotopic (exact) mass is 433 g/mol. The van der Waals surface area contributed by atoms with Gasteiger partial charge in [-0.1, -0.05) is 23.2 Å². The van der Waals surface area contributed by atoms with Crippen LogP contribution in [0.5, 0.6) is 11.5 Å². The minimum atomic E-state index is -0.174. The highest BCUT2D eigenvalue weighted by molar-refractivity contribution is 6.42. The first-order chi connectivity index (χ1) is 13.9. The van der Waals surface area contributed by atoms with Gasteiger partial charge < -0.3 is 20.9 Å². The van der Waals surface area contributed by atoms with E-state index in [0.29, 0.717) is 33.7 Å². The molecule has 29 heavy (non-hydrogen) atoms. The van der Waals surface area contributed by atoms with E-state index in [1.54, 1.807) is 24.4 Å². The molecule has 0 aliphatic carbocycles. The van der Waals surface area contributed by atoms with Gasteiger partial charge in [0.1, 0.15) is 11.5 Å². The van der Waals surface area contributed by atoms with E-state index >= 15 is 0 Å². The fourth-order valence-corrected chi connectivity index (χ4v) is 3.57. The molecule has 0 unspecified atom stereocenters. The van der Waals surface area contributed by atoms with Crippen LogP contribution in [0.15, 0.2) is 36.5 Å². The van der Waals surface area contributed by atoms with Crippen molar-refractivity contribution in [3.05, 3.63) is 57.7 Å². The molecule has 1 aromatic heterocycles. The summed E-state index contributed by atoms with van der Waals surface area (Å²) in [6, 6.07) is 9.11. The first-order valence-electron chi connectivity index (χ1n) is 9.56. The van der Waals surface area contributed by atoms with Gasteiger partial charge in [-0.2, -0.15) is 0 Å². The molecule has 0 aliphatic rings. The fourth-order valence-electron chi connectivity index (χ4n) is 3.28. The van der Waals surface area contributed by atoms with Crippen LogP contribution in [0, 0.1) is 6.92 Å². The second kappa shape index (κ2) is 9.63. The number of halogens is 2. The van der Waals surface area contributed by atoms with Crippen molar-refractivity contribution in [3.63, 3.8) is 0 Å². The van der Waals surface area contributed by atoms with E-state index in [-0.39, 0.29) is 12.6 Å². The number of hydrogen-bond acceptors (Lipinski definition) is 5. The molecule has 0 aliphatic heterocycles. The van der Waals surface area contributed by atoms with Gasteiger partial charge in [-0.15, -0.1) is 0 Å². The first-order valence-corrected chi connectivity index (χ1v) is 10.3. The van der Waals surface area contributed by atoms with Gasteiger partial charge >= 0.3 is 0 Å². The number of hydrogen-bond donors (Lipinski definition) is 3. The number of aromatic nitrogens is 1. The van der Waals surface area contributed by atoms with Gasteiger partial charge in [0.15, 0.2) is 0 Å². The summed E-state index contributed by atoms with van der Waals surface area (Å²) in [5, 5.41) is 15.3. The zero-order valence-corrected chi connectivity index (χ0v) is 18.0. The summed E-state index contributed by atoms with van der Waals surface area (Å²) in [6.07, 6.45) is 3.65. The van der Waals surface area contributed by atoms with E-state index in [0.717, 1.165) is 35.0 Å². The van der Waals surface area contributed by atoms with Crippen molar-refractivity contribution < 1.29 is 9.84 Å². The van der Waals surface area contributed by atoms with Crippen LogP contribution in [0.2, 0.25) is 10.0 Å². The number of nitrogens with zero attached hydrogens (tertiary/aromatic N) is 1. The molecule has 4 N–H and O–H groups in total. The van der Waals surface area contributed by atoms with Crippen molar-refractivity contribution >= 4 is 39.8 Å². The molecule has 0 saturated heterocycles. The van der Waals surface area contributed by atoms with Crippen LogP contribution < -0.4 is 15.8 Å². The fraction of sp³-hybridized carbons (Fsp3) is 0.318. The summed E-state index contributed by atoms with van der Waals surface area (Å²) >= 11 is 12.1. The lowest BCUT2D eigenvalue weighted by Crippen LogP contribution is -2.17. The number of aliphatic hydroxyl groups is 1. The van der Waals surface area contributed by atoms with Gasteiger partial charge in [0.2, 0.25) is 0 Å². The minimum absolute atomic E-state index is 0.174. The quantitative estimate of drug-likeness (QED) is 0.426. The predicted octanol–water partition coefficient (Wildman–Crippen LogP) is 5.67. The van der Waals surface area contributed by atoms with Crippen molar-refractivity contribution in [2.75, 3.05) is 11.9 Å². The van der Waals surface area contributed by atoms with E-state index in [1.165, 1.54) is 0 Å². The van der Waals surface area contributed by atoms with Gasteiger partial charge in [0.05, 0.1) is 27.9 Å². The zero-order valence-electron chi connectivity index (χ0n) is 16.5. The van der Waals surface area contributed by atoms with Crippen LogP contribution in [-0.4, -0.2) is 22.7 Å². The number of aryl methyl sites for hydroxylation is 1. The number of fused-ring (bicyclic) bond motifs is 1. The highest BCUT2D eigenvalue weighted by Crippen LogP contribution is 2.40. The van der Waals surface area contributed by atoms with Gasteiger partial charge in [-0.05, 0) is 63.1 Å². The molecule has 0 radical (unpaired) electrons. The van der Waals surface area contributed by atoms with E-state index in [9.17, 15) is 5.11 Å². The molecule has 3 aromatic rings. The topological polar surface area (TPSA) is 80.4 Å². The van der Waals surface area contributed by atoms with Crippen LogP contribution in [-0.2, 0) is 6.61 Å². The maximum Gasteiger partial charge on any atom is 0.142 e. The van der Waals surface area contributed by atoms with Crippen molar-refractivity contribution in [2.45, 2.75) is 39.3 Å².